The predicted octanol–water partition coefficient (Wildman–Crippen LogP) is 1.65. The van der Waals surface area contributed by atoms with Crippen molar-refractivity contribution in [2.75, 3.05) is 6.61 Å². The van der Waals surface area contributed by atoms with Crippen LogP contribution >= 0.6 is 0 Å². The highest BCUT2D eigenvalue weighted by Crippen LogP contribution is 2.27. The van der Waals surface area contributed by atoms with Gasteiger partial charge in [-0.2, -0.15) is 0 Å². The van der Waals surface area contributed by atoms with Gasteiger partial charge in [0, 0.05) is 6.42 Å². The van der Waals surface area contributed by atoms with Gasteiger partial charge < -0.3 is 14.8 Å². The molecule has 1 aromatic carbocycles. The van der Waals surface area contributed by atoms with Crippen LogP contribution in [0.2, 0.25) is 0 Å². The topological polar surface area (TPSA) is 76.7 Å². The molecule has 2 fully saturated rings. The lowest BCUT2D eigenvalue weighted by molar-refractivity contribution is -0.123. The van der Waals surface area contributed by atoms with E-state index < -0.39 is 11.6 Å². The van der Waals surface area contributed by atoms with Gasteiger partial charge in [0.1, 0.15) is 11.3 Å². The van der Waals surface area contributed by atoms with Crippen molar-refractivity contribution in [1.82, 2.24) is 10.6 Å². The van der Waals surface area contributed by atoms with Crippen LogP contribution in [0.15, 0.2) is 24.3 Å². The fourth-order valence-electron chi connectivity index (χ4n) is 2.57. The lowest BCUT2D eigenvalue weighted by Crippen LogP contribution is -2.40. The molecule has 0 unspecified atom stereocenters. The van der Waals surface area contributed by atoms with E-state index in [-0.39, 0.29) is 12.2 Å². The summed E-state index contributed by atoms with van der Waals surface area (Å²) >= 11 is 0. The van der Waals surface area contributed by atoms with Gasteiger partial charge in [-0.15, -0.1) is 0 Å². The van der Waals surface area contributed by atoms with Crippen molar-refractivity contribution in [1.29, 1.82) is 0 Å². The monoisotopic (exact) mass is 290 g/mol. The molecule has 6 nitrogen and oxygen atoms in total. The van der Waals surface area contributed by atoms with Crippen molar-refractivity contribution in [2.24, 2.45) is 0 Å². The molecule has 3 rings (SSSR count). The molecule has 2 N–H and O–H groups in total. The number of urea groups is 1. The zero-order valence-electron chi connectivity index (χ0n) is 11.8. The Kier molecular flexibility index (Phi) is 3.55. The largest absolute Gasteiger partial charge is 0.465 e. The van der Waals surface area contributed by atoms with Crippen molar-refractivity contribution >= 4 is 11.9 Å². The highest BCUT2D eigenvalue weighted by Gasteiger charge is 2.43. The summed E-state index contributed by atoms with van der Waals surface area (Å²) < 4.78 is 11.3. The average Bonchev–Trinajstić information content (AvgIpc) is 2.74. The van der Waals surface area contributed by atoms with Crippen LogP contribution < -0.4 is 15.4 Å². The lowest BCUT2D eigenvalue weighted by Gasteiger charge is -2.24. The minimum absolute atomic E-state index is 0.199. The number of carbonyl (C=O) groups is 2. The van der Waals surface area contributed by atoms with E-state index >= 15 is 0 Å². The zero-order chi connectivity index (χ0) is 14.9. The summed E-state index contributed by atoms with van der Waals surface area (Å²) in [5, 5.41) is 4.88. The van der Waals surface area contributed by atoms with Gasteiger partial charge in [0.05, 0.1) is 6.61 Å². The summed E-state index contributed by atoms with van der Waals surface area (Å²) in [5.41, 5.74) is -0.320. The van der Waals surface area contributed by atoms with Gasteiger partial charge in [-0.3, -0.25) is 10.1 Å². The van der Waals surface area contributed by atoms with Crippen LogP contribution in [0.25, 0.3) is 0 Å². The van der Waals surface area contributed by atoms with Crippen LogP contribution in [-0.2, 0) is 15.1 Å². The van der Waals surface area contributed by atoms with Crippen LogP contribution in [0.1, 0.15) is 31.7 Å². The van der Waals surface area contributed by atoms with E-state index in [0.717, 1.165) is 25.9 Å². The zero-order valence-corrected chi connectivity index (χ0v) is 11.8. The summed E-state index contributed by atoms with van der Waals surface area (Å²) in [6.07, 6.45) is 2.87. The van der Waals surface area contributed by atoms with Crippen LogP contribution in [0.5, 0.6) is 5.75 Å². The standard InChI is InChI=1S/C15H18N2O4/c1-15(13(18)16-14(19)17-15)10-5-7-11(8-6-10)21-12-4-2-3-9-20-12/h5-8,12H,2-4,9H2,1H3,(H2,16,17,18,19)/t12-,15+/m1/s1. The van der Waals surface area contributed by atoms with Crippen molar-refractivity contribution < 1.29 is 19.1 Å². The molecule has 2 atom stereocenters. The third kappa shape index (κ3) is 2.71. The minimum atomic E-state index is -1.03. The van der Waals surface area contributed by atoms with Crippen LogP contribution in [0, 0.1) is 0 Å². The number of carbonyl (C=O) groups excluding carboxylic acids is 2. The van der Waals surface area contributed by atoms with E-state index in [1.165, 1.54) is 0 Å². The first-order chi connectivity index (χ1) is 10.1. The maximum absolute atomic E-state index is 11.9. The van der Waals surface area contributed by atoms with E-state index in [2.05, 4.69) is 10.6 Å². The molecule has 0 saturated carbocycles. The summed E-state index contributed by atoms with van der Waals surface area (Å²) in [5.74, 6) is 0.343. The fraction of sp³-hybridized carbons (Fsp3) is 0.467. The second-order valence-electron chi connectivity index (χ2n) is 5.47. The van der Waals surface area contributed by atoms with Crippen LogP contribution in [-0.4, -0.2) is 24.8 Å². The SMILES string of the molecule is C[C@@]1(c2ccc(O[C@@H]3CCCCO3)cc2)NC(=O)NC1=O. The Morgan fingerprint density at radius 1 is 1.24 bits per heavy atom. The van der Waals surface area contributed by atoms with Gasteiger partial charge in [-0.05, 0) is 37.5 Å². The Balaban J connectivity index is 1.72. The molecule has 0 bridgehead atoms. The maximum Gasteiger partial charge on any atom is 0.322 e. The molecule has 0 aromatic heterocycles. The van der Waals surface area contributed by atoms with Crippen LogP contribution in [0.4, 0.5) is 4.79 Å². The highest BCUT2D eigenvalue weighted by molar-refractivity contribution is 6.07. The van der Waals surface area contributed by atoms with E-state index in [1.807, 2.05) is 0 Å². The van der Waals surface area contributed by atoms with E-state index in [4.69, 9.17) is 9.47 Å². The first-order valence-electron chi connectivity index (χ1n) is 7.10. The van der Waals surface area contributed by atoms with Crippen molar-refractivity contribution in [3.63, 3.8) is 0 Å². The normalized spacial score (nSPS) is 28.9. The highest BCUT2D eigenvalue weighted by atomic mass is 16.7. The van der Waals surface area contributed by atoms with Crippen molar-refractivity contribution in [2.45, 2.75) is 38.0 Å². The molecule has 112 valence electrons. The van der Waals surface area contributed by atoms with Gasteiger partial charge in [0.15, 0.2) is 6.29 Å². The Morgan fingerprint density at radius 2 is 2.00 bits per heavy atom. The minimum Gasteiger partial charge on any atom is -0.465 e. The molecule has 1 aromatic rings. The van der Waals surface area contributed by atoms with Gasteiger partial charge in [0.2, 0.25) is 0 Å². The summed E-state index contributed by atoms with van der Waals surface area (Å²) in [6.45, 7) is 2.40. The molecule has 2 heterocycles. The van der Waals surface area contributed by atoms with Crippen molar-refractivity contribution in [3.05, 3.63) is 29.8 Å². The average molecular weight is 290 g/mol. The number of rotatable bonds is 3. The van der Waals surface area contributed by atoms with Gasteiger partial charge >= 0.3 is 6.03 Å². The molecular weight excluding hydrogens is 272 g/mol. The quantitative estimate of drug-likeness (QED) is 0.830. The lowest BCUT2D eigenvalue weighted by atomic mass is 9.92. The third-order valence-corrected chi connectivity index (χ3v) is 3.88. The smallest absolute Gasteiger partial charge is 0.322 e. The Labute approximate surface area is 122 Å². The molecule has 0 aliphatic carbocycles. The number of imide groups is 1. The first-order valence-corrected chi connectivity index (χ1v) is 7.10. The van der Waals surface area contributed by atoms with E-state index in [0.29, 0.717) is 11.3 Å². The van der Waals surface area contributed by atoms with Crippen LogP contribution in [0.3, 0.4) is 0 Å². The summed E-state index contributed by atoms with van der Waals surface area (Å²) in [6, 6.07) is 6.66. The molecule has 2 saturated heterocycles. The maximum atomic E-state index is 11.9. The predicted molar refractivity (Wildman–Crippen MR) is 74.7 cm³/mol. The molecule has 6 heteroatoms. The first kappa shape index (κ1) is 13.9. The summed E-state index contributed by atoms with van der Waals surface area (Å²) in [7, 11) is 0. The van der Waals surface area contributed by atoms with E-state index in [9.17, 15) is 9.59 Å². The van der Waals surface area contributed by atoms with Gasteiger partial charge in [0.25, 0.3) is 5.91 Å². The molecule has 3 amide bonds. The van der Waals surface area contributed by atoms with Gasteiger partial charge in [-0.1, -0.05) is 12.1 Å². The van der Waals surface area contributed by atoms with E-state index in [1.54, 1.807) is 31.2 Å². The number of nitrogens with one attached hydrogen (secondary N) is 2. The molecule has 2 aliphatic rings. The third-order valence-electron chi connectivity index (χ3n) is 3.88. The Bertz CT molecular complexity index is 551. The Hall–Kier alpha value is -2.08. The number of amides is 3. The Morgan fingerprint density at radius 3 is 2.57 bits per heavy atom. The van der Waals surface area contributed by atoms with Crippen molar-refractivity contribution in [3.8, 4) is 5.75 Å². The molecule has 2 aliphatic heterocycles. The van der Waals surface area contributed by atoms with Gasteiger partial charge in [-0.25, -0.2) is 4.79 Å². The molecule has 0 radical (unpaired) electrons. The fourth-order valence-corrected chi connectivity index (χ4v) is 2.57. The number of ether oxygens (including phenoxy) is 2. The second-order valence-corrected chi connectivity index (χ2v) is 5.47. The number of hydrogen-bond acceptors (Lipinski definition) is 4. The number of benzene rings is 1. The molecular formula is C15H18N2O4. The summed E-state index contributed by atoms with van der Waals surface area (Å²) in [4.78, 5) is 23.2. The second kappa shape index (κ2) is 5.37. The number of hydrogen-bond donors (Lipinski definition) is 2. The molecule has 0 spiro atoms. The molecule has 21 heavy (non-hydrogen) atoms.